The molecule has 1 fully saturated rings. The van der Waals surface area contributed by atoms with Crippen LogP contribution in [-0.2, 0) is 0 Å². The summed E-state index contributed by atoms with van der Waals surface area (Å²) in [5.41, 5.74) is 1.27. The van der Waals surface area contributed by atoms with Crippen molar-refractivity contribution in [1.29, 1.82) is 0 Å². The molecule has 4 rings (SSSR count). The predicted molar refractivity (Wildman–Crippen MR) is 114 cm³/mol. The second-order valence-corrected chi connectivity index (χ2v) is 7.99. The van der Waals surface area contributed by atoms with Crippen molar-refractivity contribution in [3.63, 3.8) is 0 Å². The Balaban J connectivity index is 1.56. The summed E-state index contributed by atoms with van der Waals surface area (Å²) in [6.45, 7) is 0. The van der Waals surface area contributed by atoms with E-state index in [0.29, 0.717) is 5.92 Å². The zero-order chi connectivity index (χ0) is 19.0. The van der Waals surface area contributed by atoms with Gasteiger partial charge < -0.3 is 13.6 Å². The molecule has 0 heterocycles. The summed E-state index contributed by atoms with van der Waals surface area (Å²) in [5.74, 6) is 2.89. The molecule has 0 unspecified atom stereocenters. The van der Waals surface area contributed by atoms with E-state index in [2.05, 4.69) is 12.1 Å². The monoisotopic (exact) mass is 392 g/mol. The van der Waals surface area contributed by atoms with Crippen LogP contribution in [0.1, 0.15) is 43.6 Å². The fraction of sp³-hybridized carbons (Fsp3) is 0.250. The van der Waals surface area contributed by atoms with Gasteiger partial charge in [-0.2, -0.15) is 0 Å². The Labute approximate surface area is 168 Å². The van der Waals surface area contributed by atoms with Crippen molar-refractivity contribution in [2.45, 2.75) is 38.0 Å². The molecule has 28 heavy (non-hydrogen) atoms. The largest absolute Gasteiger partial charge is 0.530 e. The first kappa shape index (κ1) is 18.8. The normalized spacial score (nSPS) is 14.6. The first-order chi connectivity index (χ1) is 13.9. The van der Waals surface area contributed by atoms with Crippen molar-refractivity contribution < 1.29 is 13.6 Å². The van der Waals surface area contributed by atoms with E-state index in [1.807, 2.05) is 72.8 Å². The van der Waals surface area contributed by atoms with Gasteiger partial charge >= 0.3 is 8.60 Å². The third-order valence-electron chi connectivity index (χ3n) is 4.98. The van der Waals surface area contributed by atoms with Gasteiger partial charge in [0, 0.05) is 0 Å². The summed E-state index contributed by atoms with van der Waals surface area (Å²) in [4.78, 5) is 0. The minimum Gasteiger partial charge on any atom is -0.409 e. The van der Waals surface area contributed by atoms with E-state index in [4.69, 9.17) is 13.6 Å². The third-order valence-corrected chi connectivity index (χ3v) is 6.05. The van der Waals surface area contributed by atoms with Crippen molar-refractivity contribution >= 4 is 8.60 Å². The second-order valence-electron chi connectivity index (χ2n) is 7.00. The number of hydrogen-bond donors (Lipinski definition) is 0. The van der Waals surface area contributed by atoms with E-state index < -0.39 is 8.60 Å². The fourth-order valence-corrected chi connectivity index (χ4v) is 4.61. The van der Waals surface area contributed by atoms with Crippen LogP contribution in [0.15, 0.2) is 84.9 Å². The molecule has 1 saturated carbocycles. The molecule has 3 nitrogen and oxygen atoms in total. The van der Waals surface area contributed by atoms with Crippen LogP contribution in [0.25, 0.3) is 0 Å². The van der Waals surface area contributed by atoms with Gasteiger partial charge in [-0.15, -0.1) is 0 Å². The lowest BCUT2D eigenvalue weighted by Gasteiger charge is -2.25. The van der Waals surface area contributed by atoms with Gasteiger partial charge in [-0.05, 0) is 54.7 Å². The van der Waals surface area contributed by atoms with Gasteiger partial charge in [0.1, 0.15) is 17.2 Å². The summed E-state index contributed by atoms with van der Waals surface area (Å²) >= 11 is 0. The third kappa shape index (κ3) is 5.05. The minimum absolute atomic E-state index is 0.551. The molecular formula is C24H25O3P. The Morgan fingerprint density at radius 3 is 1.71 bits per heavy atom. The molecule has 0 aromatic heterocycles. The minimum atomic E-state index is -1.63. The highest BCUT2D eigenvalue weighted by Crippen LogP contribution is 2.45. The average molecular weight is 392 g/mol. The van der Waals surface area contributed by atoms with Crippen LogP contribution in [0.5, 0.6) is 17.2 Å². The number of rotatable bonds is 7. The van der Waals surface area contributed by atoms with Gasteiger partial charge in [-0.25, -0.2) is 0 Å². The molecule has 0 saturated heterocycles. The summed E-state index contributed by atoms with van der Waals surface area (Å²) < 4.78 is 18.5. The van der Waals surface area contributed by atoms with Gasteiger partial charge in [0.15, 0.2) is 0 Å². The van der Waals surface area contributed by atoms with E-state index >= 15 is 0 Å². The second kappa shape index (κ2) is 9.61. The first-order valence-electron chi connectivity index (χ1n) is 9.91. The smallest absolute Gasteiger partial charge is 0.409 e. The van der Waals surface area contributed by atoms with Crippen molar-refractivity contribution in [3.05, 3.63) is 90.5 Å². The maximum absolute atomic E-state index is 6.33. The SMILES string of the molecule is c1ccc(OP(Oc2ccccc2)Oc2ccccc2C2CCCCC2)cc1. The van der Waals surface area contributed by atoms with Gasteiger partial charge in [-0.3, -0.25) is 0 Å². The fourth-order valence-electron chi connectivity index (χ4n) is 3.59. The summed E-state index contributed by atoms with van der Waals surface area (Å²) in [5, 5.41) is 0. The number of benzene rings is 3. The maximum Gasteiger partial charge on any atom is 0.530 e. The van der Waals surface area contributed by atoms with E-state index in [1.54, 1.807) is 0 Å². The van der Waals surface area contributed by atoms with E-state index in [0.717, 1.165) is 17.2 Å². The Kier molecular flexibility index (Phi) is 6.47. The molecule has 0 N–H and O–H groups in total. The molecule has 0 spiro atoms. The summed E-state index contributed by atoms with van der Waals surface area (Å²) in [6.07, 6.45) is 6.35. The lowest BCUT2D eigenvalue weighted by Crippen LogP contribution is -2.08. The van der Waals surface area contributed by atoms with Crippen LogP contribution in [-0.4, -0.2) is 0 Å². The molecule has 0 bridgehead atoms. The molecule has 1 aliphatic rings. The van der Waals surface area contributed by atoms with Crippen LogP contribution < -0.4 is 13.6 Å². The number of hydrogen-bond acceptors (Lipinski definition) is 3. The molecule has 3 aromatic rings. The first-order valence-corrected chi connectivity index (χ1v) is 11.0. The predicted octanol–water partition coefficient (Wildman–Crippen LogP) is 7.50. The highest BCUT2D eigenvalue weighted by molar-refractivity contribution is 7.43. The molecule has 0 atom stereocenters. The Bertz CT molecular complexity index is 806. The summed E-state index contributed by atoms with van der Waals surface area (Å²) in [7, 11) is -1.63. The Hall–Kier alpha value is -2.51. The van der Waals surface area contributed by atoms with E-state index in [1.165, 1.54) is 37.7 Å². The zero-order valence-corrected chi connectivity index (χ0v) is 16.8. The van der Waals surface area contributed by atoms with Gasteiger partial charge in [0.05, 0.1) is 0 Å². The van der Waals surface area contributed by atoms with Crippen molar-refractivity contribution in [2.75, 3.05) is 0 Å². The van der Waals surface area contributed by atoms with Crippen LogP contribution >= 0.6 is 8.60 Å². The molecule has 3 aromatic carbocycles. The lowest BCUT2D eigenvalue weighted by atomic mass is 9.84. The summed E-state index contributed by atoms with van der Waals surface area (Å²) in [6, 6.07) is 27.7. The Morgan fingerprint density at radius 2 is 1.11 bits per heavy atom. The Morgan fingerprint density at radius 1 is 0.571 bits per heavy atom. The van der Waals surface area contributed by atoms with Crippen molar-refractivity contribution in [1.82, 2.24) is 0 Å². The average Bonchev–Trinajstić information content (AvgIpc) is 2.76. The zero-order valence-electron chi connectivity index (χ0n) is 15.9. The molecule has 0 amide bonds. The van der Waals surface area contributed by atoms with Crippen molar-refractivity contribution in [2.24, 2.45) is 0 Å². The molecule has 1 aliphatic carbocycles. The molecular weight excluding hydrogens is 367 g/mol. The topological polar surface area (TPSA) is 27.7 Å². The van der Waals surface area contributed by atoms with Crippen LogP contribution in [0.4, 0.5) is 0 Å². The molecule has 4 heteroatoms. The van der Waals surface area contributed by atoms with Gasteiger partial charge in [0.2, 0.25) is 0 Å². The quantitative estimate of drug-likeness (QED) is 0.390. The number of para-hydroxylation sites is 3. The van der Waals surface area contributed by atoms with Gasteiger partial charge in [-0.1, -0.05) is 73.9 Å². The van der Waals surface area contributed by atoms with Gasteiger partial charge in [0.25, 0.3) is 0 Å². The lowest BCUT2D eigenvalue weighted by molar-refractivity contribution is 0.379. The maximum atomic E-state index is 6.33. The molecule has 0 aliphatic heterocycles. The molecule has 144 valence electrons. The van der Waals surface area contributed by atoms with E-state index in [-0.39, 0.29) is 0 Å². The van der Waals surface area contributed by atoms with Crippen molar-refractivity contribution in [3.8, 4) is 17.2 Å². The van der Waals surface area contributed by atoms with E-state index in [9.17, 15) is 0 Å². The highest BCUT2D eigenvalue weighted by Gasteiger charge is 2.24. The van der Waals surface area contributed by atoms with Crippen LogP contribution in [0.3, 0.4) is 0 Å². The standard InChI is InChI=1S/C24H25O3P/c1-4-12-20(13-5-1)23-18-10-11-19-24(23)27-28(25-21-14-6-2-7-15-21)26-22-16-8-3-9-17-22/h2-3,6-11,14-20H,1,4-5,12-13H2. The molecule has 0 radical (unpaired) electrons. The highest BCUT2D eigenvalue weighted by atomic mass is 31.2. The van der Waals surface area contributed by atoms with Crippen LogP contribution in [0.2, 0.25) is 0 Å². The van der Waals surface area contributed by atoms with Crippen LogP contribution in [0, 0.1) is 0 Å².